The lowest BCUT2D eigenvalue weighted by Crippen LogP contribution is -2.35. The van der Waals surface area contributed by atoms with Crippen LogP contribution in [0.2, 0.25) is 0 Å². The maximum absolute atomic E-state index is 4.54. The monoisotopic (exact) mass is 247 g/mol. The normalized spacial score (nSPS) is 24.4. The molecule has 3 heteroatoms. The second-order valence-electron chi connectivity index (χ2n) is 6.67. The molecule has 0 bridgehead atoms. The van der Waals surface area contributed by atoms with Gasteiger partial charge >= 0.3 is 0 Å². The summed E-state index contributed by atoms with van der Waals surface area (Å²) >= 11 is 0. The number of rotatable bonds is 3. The van der Waals surface area contributed by atoms with Crippen molar-refractivity contribution in [2.24, 2.45) is 5.92 Å². The Morgan fingerprint density at radius 2 is 1.89 bits per heavy atom. The highest BCUT2D eigenvalue weighted by molar-refractivity contribution is 5.08. The smallest absolute Gasteiger partial charge is 0.131 e. The molecule has 100 valence electrons. The molecule has 2 rings (SSSR count). The first-order valence-electron chi connectivity index (χ1n) is 7.00. The quantitative estimate of drug-likeness (QED) is 0.891. The molecule has 18 heavy (non-hydrogen) atoms. The summed E-state index contributed by atoms with van der Waals surface area (Å²) in [6.45, 7) is 9.67. The van der Waals surface area contributed by atoms with Gasteiger partial charge in [0.25, 0.3) is 0 Å². The molecule has 0 radical (unpaired) electrons. The average Bonchev–Trinajstić information content (AvgIpc) is 2.73. The second-order valence-corrected chi connectivity index (χ2v) is 6.67. The Morgan fingerprint density at radius 1 is 1.22 bits per heavy atom. The first kappa shape index (κ1) is 13.5. The van der Waals surface area contributed by atoms with Crippen molar-refractivity contribution >= 4 is 0 Å². The van der Waals surface area contributed by atoms with Crippen molar-refractivity contribution in [2.75, 3.05) is 0 Å². The second kappa shape index (κ2) is 5.35. The highest BCUT2D eigenvalue weighted by Gasteiger charge is 2.24. The number of hydrogen-bond donors (Lipinski definition) is 1. The minimum Gasteiger partial charge on any atom is -0.308 e. The van der Waals surface area contributed by atoms with Crippen molar-refractivity contribution in [3.05, 3.63) is 23.8 Å². The third-order valence-electron chi connectivity index (χ3n) is 3.61. The van der Waals surface area contributed by atoms with Crippen LogP contribution in [0.3, 0.4) is 0 Å². The van der Waals surface area contributed by atoms with Gasteiger partial charge in [0.1, 0.15) is 5.82 Å². The van der Waals surface area contributed by atoms with E-state index in [2.05, 4.69) is 43.0 Å². The summed E-state index contributed by atoms with van der Waals surface area (Å²) in [6.07, 6.45) is 7.77. The number of hydrogen-bond acceptors (Lipinski definition) is 3. The number of nitrogens with one attached hydrogen (secondary N) is 1. The molecule has 2 unspecified atom stereocenters. The van der Waals surface area contributed by atoms with Gasteiger partial charge in [-0.05, 0) is 46.0 Å². The minimum absolute atomic E-state index is 0.138. The van der Waals surface area contributed by atoms with Gasteiger partial charge in [-0.15, -0.1) is 0 Å². The van der Waals surface area contributed by atoms with Gasteiger partial charge in [0, 0.05) is 36.0 Å². The van der Waals surface area contributed by atoms with Gasteiger partial charge < -0.3 is 5.32 Å². The lowest BCUT2D eigenvalue weighted by atomic mass is 10.1. The van der Waals surface area contributed by atoms with Crippen LogP contribution in [0.5, 0.6) is 0 Å². The van der Waals surface area contributed by atoms with E-state index in [0.29, 0.717) is 5.92 Å². The highest BCUT2D eigenvalue weighted by atomic mass is 15.0. The maximum atomic E-state index is 4.54. The van der Waals surface area contributed by atoms with E-state index in [4.69, 9.17) is 0 Å². The van der Waals surface area contributed by atoms with Crippen molar-refractivity contribution in [2.45, 2.75) is 65.0 Å². The Kier molecular flexibility index (Phi) is 4.00. The predicted molar refractivity (Wildman–Crippen MR) is 74.4 cm³/mol. The maximum Gasteiger partial charge on any atom is 0.131 e. The fourth-order valence-corrected chi connectivity index (χ4v) is 2.48. The molecule has 0 amide bonds. The zero-order valence-corrected chi connectivity index (χ0v) is 12.0. The molecule has 1 aliphatic rings. The van der Waals surface area contributed by atoms with Crippen LogP contribution < -0.4 is 5.32 Å². The van der Waals surface area contributed by atoms with Gasteiger partial charge in [-0.3, -0.25) is 0 Å². The van der Waals surface area contributed by atoms with E-state index in [9.17, 15) is 0 Å². The molecule has 0 aromatic carbocycles. The van der Waals surface area contributed by atoms with Crippen LogP contribution in [0.1, 0.15) is 64.3 Å². The molecule has 1 aliphatic carbocycles. The summed E-state index contributed by atoms with van der Waals surface area (Å²) in [6, 6.07) is 0. The summed E-state index contributed by atoms with van der Waals surface area (Å²) in [5.74, 6) is 2.46. The Bertz CT molecular complexity index is 378. The van der Waals surface area contributed by atoms with Crippen molar-refractivity contribution in [3.8, 4) is 0 Å². The van der Waals surface area contributed by atoms with E-state index in [0.717, 1.165) is 18.3 Å². The highest BCUT2D eigenvalue weighted by Crippen LogP contribution is 2.36. The summed E-state index contributed by atoms with van der Waals surface area (Å²) in [5.41, 5.74) is 1.30. The fraction of sp³-hybridized carbons (Fsp3) is 0.733. The van der Waals surface area contributed by atoms with Crippen molar-refractivity contribution in [1.29, 1.82) is 0 Å². The minimum atomic E-state index is 0.138. The van der Waals surface area contributed by atoms with E-state index >= 15 is 0 Å². The molecule has 1 saturated carbocycles. The Morgan fingerprint density at radius 3 is 2.39 bits per heavy atom. The lowest BCUT2D eigenvalue weighted by Gasteiger charge is -2.20. The zero-order valence-electron chi connectivity index (χ0n) is 12.0. The van der Waals surface area contributed by atoms with Gasteiger partial charge in [0.2, 0.25) is 0 Å². The molecule has 1 N–H and O–H groups in total. The van der Waals surface area contributed by atoms with E-state index in [-0.39, 0.29) is 5.54 Å². The Labute approximate surface area is 110 Å². The molecule has 0 spiro atoms. The molecule has 1 fully saturated rings. The van der Waals surface area contributed by atoms with Crippen LogP contribution in [0, 0.1) is 5.92 Å². The summed E-state index contributed by atoms with van der Waals surface area (Å²) in [5, 5.41) is 3.45. The number of aromatic nitrogens is 2. The Balaban J connectivity index is 1.93. The predicted octanol–water partition coefficient (Wildman–Crippen LogP) is 3.27. The molecular weight excluding hydrogens is 222 g/mol. The molecule has 2 atom stereocenters. The molecule has 3 nitrogen and oxygen atoms in total. The van der Waals surface area contributed by atoms with Gasteiger partial charge in [0.15, 0.2) is 0 Å². The first-order chi connectivity index (χ1) is 8.44. The van der Waals surface area contributed by atoms with Crippen LogP contribution in [0.25, 0.3) is 0 Å². The van der Waals surface area contributed by atoms with E-state index in [1.165, 1.54) is 24.8 Å². The van der Waals surface area contributed by atoms with Crippen LogP contribution >= 0.6 is 0 Å². The van der Waals surface area contributed by atoms with Crippen LogP contribution in [-0.2, 0) is 6.54 Å². The SMILES string of the molecule is CC1CCC(c2ncc(CNC(C)(C)C)cn2)C1. The van der Waals surface area contributed by atoms with Gasteiger partial charge in [-0.2, -0.15) is 0 Å². The van der Waals surface area contributed by atoms with E-state index in [1.807, 2.05) is 12.4 Å². The van der Waals surface area contributed by atoms with Crippen LogP contribution in [-0.4, -0.2) is 15.5 Å². The topological polar surface area (TPSA) is 37.8 Å². The summed E-state index contributed by atoms with van der Waals surface area (Å²) < 4.78 is 0. The standard InChI is InChI=1S/C15H25N3/c1-11-5-6-13(7-11)14-16-8-12(9-17-14)10-18-15(2,3)4/h8-9,11,13,18H,5-7,10H2,1-4H3. The molecule has 1 heterocycles. The van der Waals surface area contributed by atoms with Crippen LogP contribution in [0.15, 0.2) is 12.4 Å². The van der Waals surface area contributed by atoms with Crippen molar-refractivity contribution < 1.29 is 0 Å². The average molecular weight is 247 g/mol. The van der Waals surface area contributed by atoms with Gasteiger partial charge in [-0.25, -0.2) is 9.97 Å². The third kappa shape index (κ3) is 3.77. The molecule has 0 aliphatic heterocycles. The van der Waals surface area contributed by atoms with E-state index < -0.39 is 0 Å². The molecular formula is C15H25N3. The van der Waals surface area contributed by atoms with Crippen LogP contribution in [0.4, 0.5) is 0 Å². The fourth-order valence-electron chi connectivity index (χ4n) is 2.48. The Hall–Kier alpha value is -0.960. The summed E-state index contributed by atoms with van der Waals surface area (Å²) in [7, 11) is 0. The molecule has 0 saturated heterocycles. The first-order valence-corrected chi connectivity index (χ1v) is 7.00. The number of nitrogens with zero attached hydrogens (tertiary/aromatic N) is 2. The third-order valence-corrected chi connectivity index (χ3v) is 3.61. The largest absolute Gasteiger partial charge is 0.308 e. The van der Waals surface area contributed by atoms with Gasteiger partial charge in [-0.1, -0.05) is 6.92 Å². The molecule has 1 aromatic rings. The zero-order chi connectivity index (χ0) is 13.2. The molecule has 1 aromatic heterocycles. The summed E-state index contributed by atoms with van der Waals surface area (Å²) in [4.78, 5) is 9.09. The van der Waals surface area contributed by atoms with Gasteiger partial charge in [0.05, 0.1) is 0 Å². The van der Waals surface area contributed by atoms with Crippen molar-refractivity contribution in [3.63, 3.8) is 0 Å². The van der Waals surface area contributed by atoms with E-state index in [1.54, 1.807) is 0 Å². The van der Waals surface area contributed by atoms with Crippen molar-refractivity contribution in [1.82, 2.24) is 15.3 Å². The lowest BCUT2D eigenvalue weighted by molar-refractivity contribution is 0.423.